The number of rotatable bonds is 5. The van der Waals surface area contributed by atoms with E-state index in [0.29, 0.717) is 5.02 Å². The molecule has 0 radical (unpaired) electrons. The summed E-state index contributed by atoms with van der Waals surface area (Å²) in [5, 5.41) is 10.4. The Bertz CT molecular complexity index is 1010. The second-order valence-corrected chi connectivity index (χ2v) is 9.25. The third-order valence-corrected chi connectivity index (χ3v) is 7.38. The summed E-state index contributed by atoms with van der Waals surface area (Å²) in [6, 6.07) is 14.4. The van der Waals surface area contributed by atoms with Gasteiger partial charge in [-0.15, -0.1) is 0 Å². The van der Waals surface area contributed by atoms with E-state index in [2.05, 4.69) is 4.72 Å². The maximum Gasteiger partial charge on any atom is 0.325 e. The highest BCUT2D eigenvalue weighted by Gasteiger charge is 2.70. The smallest absolute Gasteiger partial charge is 0.325 e. The first-order valence-electron chi connectivity index (χ1n) is 8.60. The van der Waals surface area contributed by atoms with Gasteiger partial charge in [-0.2, -0.15) is 17.4 Å². The molecule has 142 valence electrons. The quantitative estimate of drug-likeness (QED) is 0.799. The summed E-state index contributed by atoms with van der Waals surface area (Å²) in [4.78, 5) is 12.1. The van der Waals surface area contributed by atoms with Gasteiger partial charge >= 0.3 is 5.97 Å². The van der Waals surface area contributed by atoms with E-state index in [9.17, 15) is 18.3 Å². The monoisotopic (exact) mass is 406 g/mol. The van der Waals surface area contributed by atoms with Gasteiger partial charge in [-0.25, -0.2) is 0 Å². The predicted octanol–water partition coefficient (Wildman–Crippen LogP) is 2.75. The molecule has 0 aromatic heterocycles. The lowest BCUT2D eigenvalue weighted by Crippen LogP contribution is -2.50. The van der Waals surface area contributed by atoms with Crippen LogP contribution in [0.3, 0.4) is 0 Å². The normalized spacial score (nSPS) is 27.3. The molecule has 4 rings (SSSR count). The average molecular weight is 407 g/mol. The molecule has 2 aromatic rings. The van der Waals surface area contributed by atoms with Gasteiger partial charge in [0.15, 0.2) is 0 Å². The largest absolute Gasteiger partial charge is 0.480 e. The van der Waals surface area contributed by atoms with Crippen LogP contribution in [0.4, 0.5) is 0 Å². The van der Waals surface area contributed by atoms with Crippen LogP contribution in [-0.4, -0.2) is 29.3 Å². The van der Waals surface area contributed by atoms with Gasteiger partial charge < -0.3 is 5.11 Å². The minimum absolute atomic E-state index is 0.172. The Kier molecular flexibility index (Phi) is 4.31. The second kappa shape index (κ2) is 6.31. The molecule has 8 heteroatoms. The van der Waals surface area contributed by atoms with Gasteiger partial charge in [0.2, 0.25) is 0 Å². The van der Waals surface area contributed by atoms with Gasteiger partial charge in [-0.3, -0.25) is 4.79 Å². The van der Waals surface area contributed by atoms with Gasteiger partial charge in [0.05, 0.1) is 0 Å². The van der Waals surface area contributed by atoms with E-state index in [1.54, 1.807) is 25.1 Å². The maximum absolute atomic E-state index is 13.0. The van der Waals surface area contributed by atoms with Gasteiger partial charge in [-0.05, 0) is 34.7 Å². The highest BCUT2D eigenvalue weighted by molar-refractivity contribution is 7.87. The van der Waals surface area contributed by atoms with Crippen LogP contribution < -0.4 is 4.72 Å². The minimum atomic E-state index is -4.00. The highest BCUT2D eigenvalue weighted by atomic mass is 35.5. The van der Waals surface area contributed by atoms with Crippen molar-refractivity contribution in [3.63, 3.8) is 0 Å². The van der Waals surface area contributed by atoms with Gasteiger partial charge in [0, 0.05) is 24.0 Å². The third kappa shape index (κ3) is 2.95. The lowest BCUT2D eigenvalue weighted by molar-refractivity contribution is -0.140. The van der Waals surface area contributed by atoms with Gasteiger partial charge in [-0.1, -0.05) is 54.9 Å². The van der Waals surface area contributed by atoms with Crippen LogP contribution >= 0.6 is 11.6 Å². The van der Waals surface area contributed by atoms with Gasteiger partial charge in [0.25, 0.3) is 10.2 Å². The topological polar surface area (TPSA) is 86.7 Å². The Labute approximate surface area is 162 Å². The molecule has 1 aliphatic heterocycles. The van der Waals surface area contributed by atoms with E-state index in [0.717, 1.165) is 16.7 Å². The summed E-state index contributed by atoms with van der Waals surface area (Å²) in [6.07, 6.45) is 0. The van der Waals surface area contributed by atoms with Crippen molar-refractivity contribution in [3.05, 3.63) is 70.2 Å². The van der Waals surface area contributed by atoms with E-state index < -0.39 is 27.6 Å². The second-order valence-electron chi connectivity index (χ2n) is 7.14. The standard InChI is InChI=1S/C19H19ClN2O4S/c1-12-17(13-5-3-2-4-6-13)19(12,18(23)24)21-27(25,26)22-10-14-7-8-16(20)9-15(14)11-22/h2-9,12,17,21H,10-11H2,1H3,(H,23,24)/t12?,17-,19+/m1/s1. The SMILES string of the molecule is CC1[C@H](c2ccccc2)[C@]1(NS(=O)(=O)N1Cc2ccc(Cl)cc2C1)C(=O)O. The fourth-order valence-electron chi connectivity index (χ4n) is 4.08. The number of hydrogen-bond acceptors (Lipinski definition) is 3. The molecule has 2 aromatic carbocycles. The molecule has 1 heterocycles. The first kappa shape index (κ1) is 18.4. The molecule has 0 bridgehead atoms. The van der Waals surface area contributed by atoms with E-state index in [1.807, 2.05) is 30.3 Å². The van der Waals surface area contributed by atoms with E-state index in [-0.39, 0.29) is 19.0 Å². The lowest BCUT2D eigenvalue weighted by Gasteiger charge is -2.21. The molecule has 1 fully saturated rings. The Hall–Kier alpha value is -1.93. The number of carbonyl (C=O) groups is 1. The number of hydrogen-bond donors (Lipinski definition) is 2. The molecule has 0 spiro atoms. The van der Waals surface area contributed by atoms with Crippen LogP contribution in [0.5, 0.6) is 0 Å². The zero-order chi connectivity index (χ0) is 19.4. The molecular weight excluding hydrogens is 388 g/mol. The van der Waals surface area contributed by atoms with Crippen molar-refractivity contribution in [1.82, 2.24) is 9.03 Å². The Morgan fingerprint density at radius 1 is 1.19 bits per heavy atom. The zero-order valence-corrected chi connectivity index (χ0v) is 16.2. The fraction of sp³-hybridized carbons (Fsp3) is 0.316. The van der Waals surface area contributed by atoms with Crippen molar-refractivity contribution in [3.8, 4) is 0 Å². The van der Waals surface area contributed by atoms with Crippen molar-refractivity contribution in [2.24, 2.45) is 5.92 Å². The highest BCUT2D eigenvalue weighted by Crippen LogP contribution is 2.58. The number of nitrogens with one attached hydrogen (secondary N) is 1. The third-order valence-electron chi connectivity index (χ3n) is 5.61. The van der Waals surface area contributed by atoms with Crippen LogP contribution in [0.15, 0.2) is 48.5 Å². The van der Waals surface area contributed by atoms with Crippen molar-refractivity contribution >= 4 is 27.8 Å². The lowest BCUT2D eigenvalue weighted by atomic mass is 10.1. The number of aliphatic carboxylic acids is 1. The molecular formula is C19H19ClN2O4S. The van der Waals surface area contributed by atoms with Crippen molar-refractivity contribution in [2.75, 3.05) is 0 Å². The molecule has 27 heavy (non-hydrogen) atoms. The zero-order valence-electron chi connectivity index (χ0n) is 14.6. The Morgan fingerprint density at radius 2 is 1.85 bits per heavy atom. The summed E-state index contributed by atoms with van der Waals surface area (Å²) in [5.41, 5.74) is 0.983. The summed E-state index contributed by atoms with van der Waals surface area (Å²) < 4.78 is 29.7. The maximum atomic E-state index is 13.0. The van der Waals surface area contributed by atoms with E-state index in [1.165, 1.54) is 4.31 Å². The van der Waals surface area contributed by atoms with E-state index in [4.69, 9.17) is 11.6 Å². The van der Waals surface area contributed by atoms with Crippen LogP contribution in [0, 0.1) is 5.92 Å². The van der Waals surface area contributed by atoms with Crippen molar-refractivity contribution in [2.45, 2.75) is 31.5 Å². The molecule has 3 atom stereocenters. The van der Waals surface area contributed by atoms with Crippen LogP contribution in [0.1, 0.15) is 29.5 Å². The molecule has 2 N–H and O–H groups in total. The van der Waals surface area contributed by atoms with Crippen LogP contribution in [-0.2, 0) is 28.1 Å². The number of fused-ring (bicyclic) bond motifs is 1. The number of carboxylic acids is 1. The number of nitrogens with zero attached hydrogens (tertiary/aromatic N) is 1. The molecule has 6 nitrogen and oxygen atoms in total. The first-order chi connectivity index (χ1) is 12.8. The predicted molar refractivity (Wildman–Crippen MR) is 101 cm³/mol. The molecule has 0 amide bonds. The van der Waals surface area contributed by atoms with E-state index >= 15 is 0 Å². The van der Waals surface area contributed by atoms with Crippen molar-refractivity contribution < 1.29 is 18.3 Å². The first-order valence-corrected chi connectivity index (χ1v) is 10.4. The molecule has 0 saturated heterocycles. The molecule has 1 unspecified atom stereocenters. The average Bonchev–Trinajstić information content (AvgIpc) is 3.00. The summed E-state index contributed by atoms with van der Waals surface area (Å²) in [6.45, 7) is 2.13. The summed E-state index contributed by atoms with van der Waals surface area (Å²) >= 11 is 5.99. The fourth-order valence-corrected chi connectivity index (χ4v) is 5.85. The minimum Gasteiger partial charge on any atom is -0.480 e. The Balaban J connectivity index is 1.61. The van der Waals surface area contributed by atoms with Crippen molar-refractivity contribution in [1.29, 1.82) is 0 Å². The Morgan fingerprint density at radius 3 is 2.52 bits per heavy atom. The van der Waals surface area contributed by atoms with Crippen LogP contribution in [0.2, 0.25) is 5.02 Å². The molecule has 2 aliphatic rings. The number of carboxylic acid groups (broad SMARTS) is 1. The van der Waals surface area contributed by atoms with Crippen LogP contribution in [0.25, 0.3) is 0 Å². The van der Waals surface area contributed by atoms with Gasteiger partial charge in [0.1, 0.15) is 5.54 Å². The number of halogens is 1. The molecule has 1 saturated carbocycles. The number of benzene rings is 2. The molecule has 1 aliphatic carbocycles. The summed E-state index contributed by atoms with van der Waals surface area (Å²) in [5.74, 6) is -1.93. The summed E-state index contributed by atoms with van der Waals surface area (Å²) in [7, 11) is -4.00.